The highest BCUT2D eigenvalue weighted by Gasteiger charge is 2.14. The molecule has 0 fully saturated rings. The quantitative estimate of drug-likeness (QED) is 0.540. The van der Waals surface area contributed by atoms with Crippen LogP contribution in [0.25, 0.3) is 0 Å². The van der Waals surface area contributed by atoms with Gasteiger partial charge in [-0.3, -0.25) is 0 Å². The molecule has 2 heteroatoms. The number of unbranched alkanes of at least 4 members (excludes halogenated alkanes) is 7. The first-order chi connectivity index (χ1) is 10.3. The largest absolute Gasteiger partial charge is 0.387 e. The summed E-state index contributed by atoms with van der Waals surface area (Å²) in [6.45, 7) is 5.32. The zero-order chi connectivity index (χ0) is 15.3. The van der Waals surface area contributed by atoms with E-state index in [1.165, 1.54) is 51.4 Å². The first-order valence-corrected chi connectivity index (χ1v) is 8.72. The topological polar surface area (TPSA) is 32.3 Å². The number of aliphatic hydroxyl groups is 1. The summed E-state index contributed by atoms with van der Waals surface area (Å²) < 4.78 is 0. The maximum atomic E-state index is 10.2. The molecule has 2 atom stereocenters. The van der Waals surface area contributed by atoms with E-state index in [0.29, 0.717) is 0 Å². The highest BCUT2D eigenvalue weighted by Crippen LogP contribution is 2.16. The molecule has 0 aromatic heterocycles. The van der Waals surface area contributed by atoms with Gasteiger partial charge in [-0.1, -0.05) is 82.2 Å². The van der Waals surface area contributed by atoms with Crippen molar-refractivity contribution in [1.82, 2.24) is 5.32 Å². The second-order valence-corrected chi connectivity index (χ2v) is 6.07. The molecule has 0 amide bonds. The molecule has 2 nitrogen and oxygen atoms in total. The molecule has 1 rings (SSSR count). The lowest BCUT2D eigenvalue weighted by Gasteiger charge is -2.20. The van der Waals surface area contributed by atoms with Crippen LogP contribution in [-0.2, 0) is 0 Å². The lowest BCUT2D eigenvalue weighted by molar-refractivity contribution is 0.136. The fourth-order valence-corrected chi connectivity index (χ4v) is 2.64. The van der Waals surface area contributed by atoms with Gasteiger partial charge in [0.1, 0.15) is 0 Å². The smallest absolute Gasteiger partial charge is 0.0940 e. The van der Waals surface area contributed by atoms with Crippen LogP contribution in [0.15, 0.2) is 30.3 Å². The molecule has 0 aliphatic heterocycles. The Morgan fingerprint density at radius 3 is 2.10 bits per heavy atom. The Morgan fingerprint density at radius 1 is 0.905 bits per heavy atom. The lowest BCUT2D eigenvalue weighted by Crippen LogP contribution is -2.32. The number of nitrogens with one attached hydrogen (secondary N) is 1. The van der Waals surface area contributed by atoms with Crippen LogP contribution in [-0.4, -0.2) is 17.7 Å². The van der Waals surface area contributed by atoms with Crippen molar-refractivity contribution < 1.29 is 5.11 Å². The van der Waals surface area contributed by atoms with E-state index in [4.69, 9.17) is 0 Å². The second-order valence-electron chi connectivity index (χ2n) is 6.07. The molecule has 0 radical (unpaired) electrons. The van der Waals surface area contributed by atoms with Gasteiger partial charge in [-0.05, 0) is 25.5 Å². The molecule has 0 unspecified atom stereocenters. The van der Waals surface area contributed by atoms with Crippen molar-refractivity contribution in [2.24, 2.45) is 0 Å². The van der Waals surface area contributed by atoms with Crippen LogP contribution in [0.5, 0.6) is 0 Å². The minimum absolute atomic E-state index is 0.108. The standard InChI is InChI=1S/C19H33NO/c1-3-4-5-6-7-8-9-13-16-20-17(2)19(21)18-14-11-10-12-15-18/h10-12,14-15,17,19-21H,3-9,13,16H2,1-2H3/t17-,19-/m0/s1. The third-order valence-corrected chi connectivity index (χ3v) is 4.11. The summed E-state index contributed by atoms with van der Waals surface area (Å²) in [7, 11) is 0. The van der Waals surface area contributed by atoms with Crippen LogP contribution < -0.4 is 5.32 Å². The number of hydrogen-bond donors (Lipinski definition) is 2. The minimum Gasteiger partial charge on any atom is -0.387 e. The van der Waals surface area contributed by atoms with Crippen LogP contribution in [0.1, 0.15) is 76.9 Å². The Kier molecular flexibility index (Phi) is 10.2. The van der Waals surface area contributed by atoms with Crippen LogP contribution in [0.2, 0.25) is 0 Å². The predicted molar refractivity (Wildman–Crippen MR) is 91.5 cm³/mol. The van der Waals surface area contributed by atoms with Gasteiger partial charge < -0.3 is 10.4 Å². The zero-order valence-electron chi connectivity index (χ0n) is 13.9. The SMILES string of the molecule is CCCCCCCCCCN[C@@H](C)[C@H](O)c1ccccc1. The molecule has 2 N–H and O–H groups in total. The molecule has 1 aromatic rings. The van der Waals surface area contributed by atoms with E-state index < -0.39 is 6.10 Å². The lowest BCUT2D eigenvalue weighted by atomic mass is 10.0. The molecule has 0 bridgehead atoms. The zero-order valence-corrected chi connectivity index (χ0v) is 13.9. The second kappa shape index (κ2) is 11.8. The Labute approximate surface area is 131 Å². The van der Waals surface area contributed by atoms with E-state index in [0.717, 1.165) is 12.1 Å². The molecule has 0 saturated heterocycles. The van der Waals surface area contributed by atoms with Crippen molar-refractivity contribution in [2.45, 2.75) is 77.4 Å². The number of aliphatic hydroxyl groups excluding tert-OH is 1. The van der Waals surface area contributed by atoms with Gasteiger partial charge in [0.15, 0.2) is 0 Å². The van der Waals surface area contributed by atoms with Gasteiger partial charge in [0.05, 0.1) is 6.10 Å². The molecule has 0 aliphatic rings. The highest BCUT2D eigenvalue weighted by molar-refractivity contribution is 5.18. The van der Waals surface area contributed by atoms with E-state index >= 15 is 0 Å². The number of rotatable bonds is 12. The maximum absolute atomic E-state index is 10.2. The van der Waals surface area contributed by atoms with Crippen molar-refractivity contribution in [3.63, 3.8) is 0 Å². The number of benzene rings is 1. The normalized spacial score (nSPS) is 14.0. The summed E-state index contributed by atoms with van der Waals surface area (Å²) in [5.41, 5.74) is 0.994. The van der Waals surface area contributed by atoms with Crippen LogP contribution >= 0.6 is 0 Å². The first kappa shape index (κ1) is 18.2. The molecule has 0 spiro atoms. The van der Waals surface area contributed by atoms with E-state index in [1.807, 2.05) is 30.3 Å². The monoisotopic (exact) mass is 291 g/mol. The maximum Gasteiger partial charge on any atom is 0.0940 e. The van der Waals surface area contributed by atoms with E-state index in [9.17, 15) is 5.11 Å². The van der Waals surface area contributed by atoms with Crippen molar-refractivity contribution in [1.29, 1.82) is 0 Å². The third-order valence-electron chi connectivity index (χ3n) is 4.11. The minimum atomic E-state index is -0.416. The highest BCUT2D eigenvalue weighted by atomic mass is 16.3. The Hall–Kier alpha value is -0.860. The summed E-state index contributed by atoms with van der Waals surface area (Å²) in [6, 6.07) is 10.0. The Balaban J connectivity index is 2.02. The molecule has 120 valence electrons. The van der Waals surface area contributed by atoms with E-state index in [-0.39, 0.29) is 6.04 Å². The Bertz CT molecular complexity index is 339. The summed E-state index contributed by atoms with van der Waals surface area (Å²) in [5, 5.41) is 13.7. The average Bonchev–Trinajstić information content (AvgIpc) is 2.53. The summed E-state index contributed by atoms with van der Waals surface area (Å²) in [5.74, 6) is 0. The Morgan fingerprint density at radius 2 is 1.48 bits per heavy atom. The fraction of sp³-hybridized carbons (Fsp3) is 0.684. The van der Waals surface area contributed by atoms with Crippen molar-refractivity contribution in [2.75, 3.05) is 6.54 Å². The molecular formula is C19H33NO. The average molecular weight is 291 g/mol. The first-order valence-electron chi connectivity index (χ1n) is 8.72. The van der Waals surface area contributed by atoms with Crippen LogP contribution in [0.3, 0.4) is 0 Å². The number of hydrogen-bond acceptors (Lipinski definition) is 2. The van der Waals surface area contributed by atoms with Gasteiger partial charge in [0.25, 0.3) is 0 Å². The third kappa shape index (κ3) is 8.23. The van der Waals surface area contributed by atoms with E-state index in [1.54, 1.807) is 0 Å². The molecular weight excluding hydrogens is 258 g/mol. The summed E-state index contributed by atoms with van der Waals surface area (Å²) in [6.07, 6.45) is 10.3. The predicted octanol–water partition coefficient (Wildman–Crippen LogP) is 4.84. The fourth-order valence-electron chi connectivity index (χ4n) is 2.64. The summed E-state index contributed by atoms with van der Waals surface area (Å²) in [4.78, 5) is 0. The van der Waals surface area contributed by atoms with Gasteiger partial charge >= 0.3 is 0 Å². The molecule has 0 heterocycles. The molecule has 0 saturated carbocycles. The van der Waals surface area contributed by atoms with Gasteiger partial charge in [-0.2, -0.15) is 0 Å². The van der Waals surface area contributed by atoms with Crippen molar-refractivity contribution in [3.05, 3.63) is 35.9 Å². The molecule has 21 heavy (non-hydrogen) atoms. The van der Waals surface area contributed by atoms with Gasteiger partial charge in [-0.25, -0.2) is 0 Å². The van der Waals surface area contributed by atoms with Crippen molar-refractivity contribution >= 4 is 0 Å². The van der Waals surface area contributed by atoms with Crippen LogP contribution in [0, 0.1) is 0 Å². The van der Waals surface area contributed by atoms with Gasteiger partial charge in [-0.15, -0.1) is 0 Å². The van der Waals surface area contributed by atoms with Gasteiger partial charge in [0.2, 0.25) is 0 Å². The molecule has 0 aliphatic carbocycles. The van der Waals surface area contributed by atoms with Crippen LogP contribution in [0.4, 0.5) is 0 Å². The van der Waals surface area contributed by atoms with Gasteiger partial charge in [0, 0.05) is 6.04 Å². The van der Waals surface area contributed by atoms with Crippen molar-refractivity contribution in [3.8, 4) is 0 Å². The molecule has 1 aromatic carbocycles. The summed E-state index contributed by atoms with van der Waals surface area (Å²) >= 11 is 0. The van der Waals surface area contributed by atoms with E-state index in [2.05, 4.69) is 19.2 Å².